The zero-order valence-corrected chi connectivity index (χ0v) is 16.4. The van der Waals surface area contributed by atoms with E-state index in [1.807, 2.05) is 37.3 Å². The van der Waals surface area contributed by atoms with Crippen LogP contribution >= 0.6 is 11.6 Å². The molecule has 0 aliphatic carbocycles. The summed E-state index contributed by atoms with van der Waals surface area (Å²) in [5, 5.41) is 11.2. The third-order valence-electron chi connectivity index (χ3n) is 3.80. The van der Waals surface area contributed by atoms with Gasteiger partial charge >= 0.3 is 0 Å². The molecule has 5 nitrogen and oxygen atoms in total. The second-order valence-electron chi connectivity index (χ2n) is 6.64. The van der Waals surface area contributed by atoms with Gasteiger partial charge in [0.25, 0.3) is 0 Å². The van der Waals surface area contributed by atoms with Gasteiger partial charge in [0.2, 0.25) is 5.91 Å². The maximum absolute atomic E-state index is 12.0. The predicted octanol–water partition coefficient (Wildman–Crippen LogP) is 4.13. The number of hydrogen-bond acceptors (Lipinski definition) is 3. The molecule has 0 unspecified atom stereocenters. The molecule has 0 fully saturated rings. The molecule has 1 heterocycles. The van der Waals surface area contributed by atoms with Gasteiger partial charge in [0.05, 0.1) is 5.69 Å². The number of halogens is 1. The second-order valence-corrected chi connectivity index (χ2v) is 6.99. The summed E-state index contributed by atoms with van der Waals surface area (Å²) in [4.78, 5) is 12.0. The number of carbonyl (C=O) groups is 1. The molecule has 0 aliphatic heterocycles. The highest BCUT2D eigenvalue weighted by molar-refractivity contribution is 6.31. The third-order valence-corrected chi connectivity index (χ3v) is 4.20. The van der Waals surface area contributed by atoms with Crippen molar-refractivity contribution >= 4 is 29.3 Å². The van der Waals surface area contributed by atoms with Gasteiger partial charge in [0, 0.05) is 37.0 Å². The molecule has 2 N–H and O–H groups in total. The largest absolute Gasteiger partial charge is 0.385 e. The molecule has 140 valence electrons. The summed E-state index contributed by atoms with van der Waals surface area (Å²) in [6.07, 6.45) is 4.10. The van der Waals surface area contributed by atoms with Crippen LogP contribution in [-0.2, 0) is 11.3 Å². The minimum atomic E-state index is -0.128. The molecule has 2 rings (SSSR count). The normalized spacial score (nSPS) is 11.3. The summed E-state index contributed by atoms with van der Waals surface area (Å²) in [5.74, 6) is 0.327. The average molecular weight is 375 g/mol. The van der Waals surface area contributed by atoms with Gasteiger partial charge in [-0.15, -0.1) is 0 Å². The molecule has 0 radical (unpaired) electrons. The number of rotatable bonds is 9. The van der Waals surface area contributed by atoms with Crippen molar-refractivity contribution < 1.29 is 4.79 Å². The topological polar surface area (TPSA) is 59.0 Å². The van der Waals surface area contributed by atoms with Gasteiger partial charge in [0.1, 0.15) is 5.15 Å². The molecule has 26 heavy (non-hydrogen) atoms. The van der Waals surface area contributed by atoms with Gasteiger partial charge in [-0.25, -0.2) is 0 Å². The van der Waals surface area contributed by atoms with E-state index >= 15 is 0 Å². The Hall–Kier alpha value is -2.27. The van der Waals surface area contributed by atoms with Gasteiger partial charge < -0.3 is 10.6 Å². The van der Waals surface area contributed by atoms with E-state index in [1.54, 1.807) is 10.8 Å². The molecule has 6 heteroatoms. The van der Waals surface area contributed by atoms with Gasteiger partial charge in [-0.1, -0.05) is 43.6 Å². The molecule has 0 saturated heterocycles. The van der Waals surface area contributed by atoms with Crippen molar-refractivity contribution in [1.29, 1.82) is 0 Å². The van der Waals surface area contributed by atoms with Gasteiger partial charge in [-0.3, -0.25) is 9.48 Å². The van der Waals surface area contributed by atoms with Crippen LogP contribution in [0.25, 0.3) is 6.08 Å². The SMILES string of the molecule is Cc1nn(CC(C)C)c(Cl)c1C=CC(=O)NCCCNc1ccccc1. The highest BCUT2D eigenvalue weighted by Gasteiger charge is 2.12. The summed E-state index contributed by atoms with van der Waals surface area (Å²) < 4.78 is 1.79. The number of carbonyl (C=O) groups excluding carboxylic acids is 1. The minimum Gasteiger partial charge on any atom is -0.385 e. The van der Waals surface area contributed by atoms with E-state index in [0.717, 1.165) is 36.5 Å². The lowest BCUT2D eigenvalue weighted by atomic mass is 10.2. The fourth-order valence-electron chi connectivity index (χ4n) is 2.53. The molecule has 2 aromatic rings. The van der Waals surface area contributed by atoms with Crippen LogP contribution in [-0.4, -0.2) is 28.8 Å². The Balaban J connectivity index is 1.76. The third kappa shape index (κ3) is 6.23. The van der Waals surface area contributed by atoms with Crippen molar-refractivity contribution in [2.45, 2.75) is 33.7 Å². The first kappa shape index (κ1) is 20.0. The fraction of sp³-hybridized carbons (Fsp3) is 0.400. The standard InChI is InChI=1S/C20H27ClN4O/c1-15(2)14-25-20(21)18(16(3)24-25)10-11-19(26)23-13-7-12-22-17-8-5-4-6-9-17/h4-6,8-11,15,22H,7,12-14H2,1-3H3,(H,23,26). The Morgan fingerprint density at radius 1 is 1.27 bits per heavy atom. The van der Waals surface area contributed by atoms with Crippen LogP contribution in [0, 0.1) is 12.8 Å². The first-order valence-corrected chi connectivity index (χ1v) is 9.33. The molecular formula is C20H27ClN4O. The number of amides is 1. The monoisotopic (exact) mass is 374 g/mol. The van der Waals surface area contributed by atoms with Crippen molar-refractivity contribution in [1.82, 2.24) is 15.1 Å². The second kappa shape index (κ2) is 10.0. The number of nitrogens with zero attached hydrogens (tertiary/aromatic N) is 2. The highest BCUT2D eigenvalue weighted by Crippen LogP contribution is 2.22. The minimum absolute atomic E-state index is 0.128. The fourth-order valence-corrected chi connectivity index (χ4v) is 2.84. The number of para-hydroxylation sites is 1. The van der Waals surface area contributed by atoms with Crippen molar-refractivity contribution in [2.75, 3.05) is 18.4 Å². The Kier molecular flexibility index (Phi) is 7.73. The van der Waals surface area contributed by atoms with Crippen LogP contribution in [0.4, 0.5) is 5.69 Å². The van der Waals surface area contributed by atoms with Gasteiger partial charge in [0.15, 0.2) is 0 Å². The maximum atomic E-state index is 12.0. The molecule has 0 spiro atoms. The Labute approximate surface area is 160 Å². The maximum Gasteiger partial charge on any atom is 0.244 e. The van der Waals surface area contributed by atoms with E-state index in [-0.39, 0.29) is 5.91 Å². The number of anilines is 1. The van der Waals surface area contributed by atoms with Crippen molar-refractivity contribution in [3.05, 3.63) is 52.8 Å². The van der Waals surface area contributed by atoms with Crippen LogP contribution < -0.4 is 10.6 Å². The van der Waals surface area contributed by atoms with Crippen LogP contribution in [0.3, 0.4) is 0 Å². The summed E-state index contributed by atoms with van der Waals surface area (Å²) in [6.45, 7) is 8.30. The van der Waals surface area contributed by atoms with Crippen LogP contribution in [0.2, 0.25) is 5.15 Å². The van der Waals surface area contributed by atoms with Crippen LogP contribution in [0.1, 0.15) is 31.5 Å². The number of aromatic nitrogens is 2. The van der Waals surface area contributed by atoms with E-state index in [1.165, 1.54) is 6.08 Å². The lowest BCUT2D eigenvalue weighted by Gasteiger charge is -2.06. The lowest BCUT2D eigenvalue weighted by Crippen LogP contribution is -2.23. The van der Waals surface area contributed by atoms with Gasteiger partial charge in [-0.2, -0.15) is 5.10 Å². The van der Waals surface area contributed by atoms with Crippen molar-refractivity contribution in [3.8, 4) is 0 Å². The summed E-state index contributed by atoms with van der Waals surface area (Å²) in [6, 6.07) is 10.0. The van der Waals surface area contributed by atoms with Gasteiger partial charge in [-0.05, 0) is 37.5 Å². The number of nitrogens with one attached hydrogen (secondary N) is 2. The number of aryl methyl sites for hydroxylation is 1. The smallest absolute Gasteiger partial charge is 0.244 e. The zero-order chi connectivity index (χ0) is 18.9. The molecule has 0 aliphatic rings. The average Bonchev–Trinajstić information content (AvgIpc) is 2.86. The van der Waals surface area contributed by atoms with E-state index in [9.17, 15) is 4.79 Å². The van der Waals surface area contributed by atoms with Crippen LogP contribution in [0.15, 0.2) is 36.4 Å². The first-order valence-electron chi connectivity index (χ1n) is 8.95. The van der Waals surface area contributed by atoms with E-state index in [0.29, 0.717) is 17.6 Å². The van der Waals surface area contributed by atoms with Crippen molar-refractivity contribution in [2.24, 2.45) is 5.92 Å². The Morgan fingerprint density at radius 3 is 2.69 bits per heavy atom. The highest BCUT2D eigenvalue weighted by atomic mass is 35.5. The Bertz CT molecular complexity index is 738. The number of benzene rings is 1. The summed E-state index contributed by atoms with van der Waals surface area (Å²) in [7, 11) is 0. The molecule has 1 aromatic heterocycles. The predicted molar refractivity (Wildman–Crippen MR) is 108 cm³/mol. The quantitative estimate of drug-likeness (QED) is 0.512. The van der Waals surface area contributed by atoms with E-state index < -0.39 is 0 Å². The van der Waals surface area contributed by atoms with Crippen molar-refractivity contribution in [3.63, 3.8) is 0 Å². The summed E-state index contributed by atoms with van der Waals surface area (Å²) >= 11 is 6.37. The first-order chi connectivity index (χ1) is 12.5. The zero-order valence-electron chi connectivity index (χ0n) is 15.6. The van der Waals surface area contributed by atoms with Crippen LogP contribution in [0.5, 0.6) is 0 Å². The van der Waals surface area contributed by atoms with E-state index in [2.05, 4.69) is 29.6 Å². The molecule has 1 aromatic carbocycles. The lowest BCUT2D eigenvalue weighted by molar-refractivity contribution is -0.116. The molecule has 0 bridgehead atoms. The molecular weight excluding hydrogens is 348 g/mol. The molecule has 0 saturated carbocycles. The summed E-state index contributed by atoms with van der Waals surface area (Å²) in [5.41, 5.74) is 2.71. The molecule has 1 amide bonds. The Morgan fingerprint density at radius 2 is 2.00 bits per heavy atom. The van der Waals surface area contributed by atoms with E-state index in [4.69, 9.17) is 11.6 Å². The molecule has 0 atom stereocenters. The number of hydrogen-bond donors (Lipinski definition) is 2.